The van der Waals surface area contributed by atoms with E-state index in [2.05, 4.69) is 40.2 Å². The Morgan fingerprint density at radius 1 is 0.958 bits per heavy atom. The minimum Gasteiger partial charge on any atom is -0.299 e. The van der Waals surface area contributed by atoms with Crippen LogP contribution in [0.15, 0.2) is 60.8 Å². The summed E-state index contributed by atoms with van der Waals surface area (Å²) in [6.07, 6.45) is 4.50. The Labute approximate surface area is 148 Å². The molecule has 3 aromatic rings. The summed E-state index contributed by atoms with van der Waals surface area (Å²) in [5.74, 6) is 0. The van der Waals surface area contributed by atoms with Crippen molar-refractivity contribution in [1.29, 1.82) is 0 Å². The predicted octanol–water partition coefficient (Wildman–Crippen LogP) is 5.16. The molecule has 2 heterocycles. The number of aromatic nitrogens is 1. The molecule has 2 nitrogen and oxygen atoms in total. The quantitative estimate of drug-likeness (QED) is 0.612. The lowest BCUT2D eigenvalue weighted by molar-refractivity contribution is 0.331. The van der Waals surface area contributed by atoms with Crippen LogP contribution in [-0.2, 0) is 6.54 Å². The van der Waals surface area contributed by atoms with Crippen molar-refractivity contribution >= 4 is 22.5 Å². The smallest absolute Gasteiger partial charge is 0.0842 e. The summed E-state index contributed by atoms with van der Waals surface area (Å²) in [4.78, 5) is 6.94. The zero-order chi connectivity index (χ0) is 16.4. The third-order valence-electron chi connectivity index (χ3n) is 4.83. The standard InChI is InChI=1S/C21H21ClN2/c22-21(19-11-12-23-20-6-2-1-5-18(19)20)17-9-7-16(8-10-17)15-24-13-3-4-14-24/h1-2,5-12,21H,3-4,13-15H2. The third kappa shape index (κ3) is 3.17. The molecule has 1 aliphatic rings. The fraction of sp³-hybridized carbons (Fsp3) is 0.286. The summed E-state index contributed by atoms with van der Waals surface area (Å²) in [7, 11) is 0. The molecule has 0 spiro atoms. The summed E-state index contributed by atoms with van der Waals surface area (Å²) in [6.45, 7) is 3.50. The third-order valence-corrected chi connectivity index (χ3v) is 5.32. The van der Waals surface area contributed by atoms with E-state index in [0.717, 1.165) is 28.6 Å². The van der Waals surface area contributed by atoms with Gasteiger partial charge >= 0.3 is 0 Å². The maximum Gasteiger partial charge on any atom is 0.0842 e. The SMILES string of the molecule is ClC(c1ccc(CN2CCCC2)cc1)c1ccnc2ccccc12. The average molecular weight is 337 g/mol. The molecular weight excluding hydrogens is 316 g/mol. The second-order valence-corrected chi connectivity index (χ2v) is 6.94. The van der Waals surface area contributed by atoms with E-state index >= 15 is 0 Å². The molecule has 1 atom stereocenters. The molecule has 4 rings (SSSR count). The average Bonchev–Trinajstić information content (AvgIpc) is 3.14. The highest BCUT2D eigenvalue weighted by atomic mass is 35.5. The van der Waals surface area contributed by atoms with Gasteiger partial charge in [0.05, 0.1) is 10.9 Å². The van der Waals surface area contributed by atoms with Gasteiger partial charge in [0, 0.05) is 18.1 Å². The van der Waals surface area contributed by atoms with Crippen molar-refractivity contribution in [3.8, 4) is 0 Å². The van der Waals surface area contributed by atoms with Gasteiger partial charge in [-0.25, -0.2) is 0 Å². The molecule has 3 heteroatoms. The number of alkyl halides is 1. The zero-order valence-electron chi connectivity index (χ0n) is 13.7. The number of rotatable bonds is 4. The first-order valence-electron chi connectivity index (χ1n) is 8.60. The number of pyridine rings is 1. The second kappa shape index (κ2) is 6.92. The maximum absolute atomic E-state index is 6.80. The highest BCUT2D eigenvalue weighted by molar-refractivity contribution is 6.23. The van der Waals surface area contributed by atoms with Crippen molar-refractivity contribution in [3.05, 3.63) is 77.5 Å². The first kappa shape index (κ1) is 15.6. The second-order valence-electron chi connectivity index (χ2n) is 6.50. The van der Waals surface area contributed by atoms with Crippen molar-refractivity contribution in [2.45, 2.75) is 24.8 Å². The molecule has 0 radical (unpaired) electrons. The minimum absolute atomic E-state index is 0.154. The lowest BCUT2D eigenvalue weighted by Gasteiger charge is -2.16. The van der Waals surface area contributed by atoms with Gasteiger partial charge in [0.2, 0.25) is 0 Å². The van der Waals surface area contributed by atoms with Crippen LogP contribution < -0.4 is 0 Å². The summed E-state index contributed by atoms with van der Waals surface area (Å²) in [5, 5.41) is 0.972. The Morgan fingerprint density at radius 2 is 1.71 bits per heavy atom. The Morgan fingerprint density at radius 3 is 2.50 bits per heavy atom. The molecule has 1 unspecified atom stereocenters. The Bertz CT molecular complexity index is 817. The van der Waals surface area contributed by atoms with Crippen LogP contribution in [0.25, 0.3) is 10.9 Å². The molecule has 24 heavy (non-hydrogen) atoms. The van der Waals surface area contributed by atoms with E-state index in [1.165, 1.54) is 31.5 Å². The van der Waals surface area contributed by atoms with Crippen molar-refractivity contribution in [1.82, 2.24) is 9.88 Å². The van der Waals surface area contributed by atoms with E-state index in [1.807, 2.05) is 30.5 Å². The first-order valence-corrected chi connectivity index (χ1v) is 9.04. The van der Waals surface area contributed by atoms with Gasteiger partial charge in [-0.05, 0) is 54.8 Å². The molecule has 0 aliphatic carbocycles. The first-order chi connectivity index (χ1) is 11.8. The number of hydrogen-bond acceptors (Lipinski definition) is 2. The number of benzene rings is 2. The van der Waals surface area contributed by atoms with Crippen LogP contribution in [-0.4, -0.2) is 23.0 Å². The van der Waals surface area contributed by atoms with Crippen LogP contribution in [0.3, 0.4) is 0 Å². The maximum atomic E-state index is 6.80. The number of nitrogens with zero attached hydrogens (tertiary/aromatic N) is 2. The summed E-state index contributed by atoms with van der Waals surface area (Å²) in [6, 6.07) is 19.0. The molecular formula is C21H21ClN2. The topological polar surface area (TPSA) is 16.1 Å². The largest absolute Gasteiger partial charge is 0.299 e. The van der Waals surface area contributed by atoms with Crippen molar-refractivity contribution < 1.29 is 0 Å². The Kier molecular flexibility index (Phi) is 4.50. The van der Waals surface area contributed by atoms with Crippen molar-refractivity contribution in [2.75, 3.05) is 13.1 Å². The normalized spacial score (nSPS) is 16.5. The van der Waals surface area contributed by atoms with E-state index in [0.29, 0.717) is 0 Å². The van der Waals surface area contributed by atoms with Crippen LogP contribution in [0.5, 0.6) is 0 Å². The number of halogens is 1. The lowest BCUT2D eigenvalue weighted by Crippen LogP contribution is -2.18. The van der Waals surface area contributed by atoms with Gasteiger partial charge in [0.25, 0.3) is 0 Å². The van der Waals surface area contributed by atoms with Crippen LogP contribution in [0.1, 0.15) is 34.9 Å². The number of para-hydroxylation sites is 1. The number of fused-ring (bicyclic) bond motifs is 1. The van der Waals surface area contributed by atoms with Crippen molar-refractivity contribution in [2.24, 2.45) is 0 Å². The molecule has 0 N–H and O–H groups in total. The van der Waals surface area contributed by atoms with Crippen LogP contribution in [0, 0.1) is 0 Å². The number of likely N-dealkylation sites (tertiary alicyclic amines) is 1. The van der Waals surface area contributed by atoms with Gasteiger partial charge in [0.1, 0.15) is 0 Å². The van der Waals surface area contributed by atoms with E-state index in [9.17, 15) is 0 Å². The number of hydrogen-bond donors (Lipinski definition) is 0. The molecule has 2 aromatic carbocycles. The highest BCUT2D eigenvalue weighted by Crippen LogP contribution is 2.33. The molecule has 0 bridgehead atoms. The van der Waals surface area contributed by atoms with Crippen LogP contribution in [0.4, 0.5) is 0 Å². The fourth-order valence-electron chi connectivity index (χ4n) is 3.51. The Hall–Kier alpha value is -1.90. The van der Waals surface area contributed by atoms with Gasteiger partial charge in [-0.15, -0.1) is 11.6 Å². The lowest BCUT2D eigenvalue weighted by atomic mass is 10.00. The van der Waals surface area contributed by atoms with E-state index in [-0.39, 0.29) is 5.38 Å². The zero-order valence-corrected chi connectivity index (χ0v) is 14.4. The highest BCUT2D eigenvalue weighted by Gasteiger charge is 2.15. The molecule has 0 saturated carbocycles. The van der Waals surface area contributed by atoms with Crippen LogP contribution >= 0.6 is 11.6 Å². The van der Waals surface area contributed by atoms with Gasteiger partial charge in [-0.1, -0.05) is 42.5 Å². The molecule has 122 valence electrons. The fourth-order valence-corrected chi connectivity index (χ4v) is 3.85. The molecule has 1 aromatic heterocycles. The molecule has 1 aliphatic heterocycles. The molecule has 1 fully saturated rings. The van der Waals surface area contributed by atoms with Crippen LogP contribution in [0.2, 0.25) is 0 Å². The van der Waals surface area contributed by atoms with Gasteiger partial charge in [0.15, 0.2) is 0 Å². The van der Waals surface area contributed by atoms with E-state index < -0.39 is 0 Å². The summed E-state index contributed by atoms with van der Waals surface area (Å²) in [5.41, 5.74) is 4.61. The van der Waals surface area contributed by atoms with Gasteiger partial charge in [-0.2, -0.15) is 0 Å². The minimum atomic E-state index is -0.154. The monoisotopic (exact) mass is 336 g/mol. The predicted molar refractivity (Wildman–Crippen MR) is 100 cm³/mol. The molecule has 1 saturated heterocycles. The Balaban J connectivity index is 1.58. The van der Waals surface area contributed by atoms with Crippen molar-refractivity contribution in [3.63, 3.8) is 0 Å². The van der Waals surface area contributed by atoms with E-state index in [1.54, 1.807) is 0 Å². The van der Waals surface area contributed by atoms with E-state index in [4.69, 9.17) is 11.6 Å². The van der Waals surface area contributed by atoms with Gasteiger partial charge in [-0.3, -0.25) is 9.88 Å². The summed E-state index contributed by atoms with van der Waals surface area (Å²) >= 11 is 6.80. The molecule has 0 amide bonds. The van der Waals surface area contributed by atoms with Gasteiger partial charge < -0.3 is 0 Å². The summed E-state index contributed by atoms with van der Waals surface area (Å²) < 4.78 is 0.